The summed E-state index contributed by atoms with van der Waals surface area (Å²) in [6, 6.07) is 14.2. The Morgan fingerprint density at radius 2 is 1.81 bits per heavy atom. The summed E-state index contributed by atoms with van der Waals surface area (Å²) in [5, 5.41) is 7.52. The van der Waals surface area contributed by atoms with Crippen LogP contribution in [0.1, 0.15) is 0 Å². The van der Waals surface area contributed by atoms with Crippen LogP contribution >= 0.6 is 0 Å². The first kappa shape index (κ1) is 12.9. The van der Waals surface area contributed by atoms with Crippen molar-refractivity contribution in [3.05, 3.63) is 60.9 Å². The van der Waals surface area contributed by atoms with E-state index in [1.54, 1.807) is 36.7 Å². The molecule has 5 heteroatoms. The summed E-state index contributed by atoms with van der Waals surface area (Å²) in [6.07, 6.45) is 3.46. The second-order valence-electron chi connectivity index (χ2n) is 4.60. The van der Waals surface area contributed by atoms with Crippen LogP contribution < -0.4 is 16.4 Å². The zero-order chi connectivity index (χ0) is 14.7. The molecule has 104 valence electrons. The van der Waals surface area contributed by atoms with Crippen molar-refractivity contribution in [2.75, 3.05) is 16.4 Å². The SMILES string of the molecule is Nc1ccc(NC(=O)Nc2cccc3cnccc23)cc1. The highest BCUT2D eigenvalue weighted by Crippen LogP contribution is 2.22. The Morgan fingerprint density at radius 1 is 1.00 bits per heavy atom. The molecule has 0 saturated heterocycles. The van der Waals surface area contributed by atoms with Crippen LogP contribution in [0.5, 0.6) is 0 Å². The van der Waals surface area contributed by atoms with Crippen LogP contribution in [0.15, 0.2) is 60.9 Å². The first-order chi connectivity index (χ1) is 10.2. The smallest absolute Gasteiger partial charge is 0.323 e. The number of hydrogen-bond acceptors (Lipinski definition) is 3. The molecular weight excluding hydrogens is 264 g/mol. The zero-order valence-corrected chi connectivity index (χ0v) is 11.2. The van der Waals surface area contributed by atoms with E-state index in [0.29, 0.717) is 11.4 Å². The molecule has 2 aromatic carbocycles. The molecule has 0 atom stereocenters. The first-order valence-electron chi connectivity index (χ1n) is 6.49. The van der Waals surface area contributed by atoms with E-state index in [0.717, 1.165) is 16.5 Å². The molecule has 3 aromatic rings. The van der Waals surface area contributed by atoms with Crippen LogP contribution in [0.2, 0.25) is 0 Å². The van der Waals surface area contributed by atoms with Gasteiger partial charge in [-0.2, -0.15) is 0 Å². The number of nitrogens with two attached hydrogens (primary N) is 1. The highest BCUT2D eigenvalue weighted by molar-refractivity contribution is 6.06. The van der Waals surface area contributed by atoms with Crippen LogP contribution in [-0.4, -0.2) is 11.0 Å². The number of aromatic nitrogens is 1. The molecule has 0 fully saturated rings. The van der Waals surface area contributed by atoms with Gasteiger partial charge in [-0.15, -0.1) is 0 Å². The molecule has 3 rings (SSSR count). The van der Waals surface area contributed by atoms with Gasteiger partial charge < -0.3 is 16.4 Å². The van der Waals surface area contributed by atoms with E-state index in [4.69, 9.17) is 5.73 Å². The predicted molar refractivity (Wildman–Crippen MR) is 85.2 cm³/mol. The number of nitrogen functional groups attached to an aromatic ring is 1. The lowest BCUT2D eigenvalue weighted by molar-refractivity contribution is 0.262. The molecule has 0 aliphatic heterocycles. The van der Waals surface area contributed by atoms with Crippen LogP contribution in [0.25, 0.3) is 10.8 Å². The summed E-state index contributed by atoms with van der Waals surface area (Å²) >= 11 is 0. The Kier molecular flexibility index (Phi) is 3.39. The van der Waals surface area contributed by atoms with Gasteiger partial charge in [-0.05, 0) is 36.4 Å². The van der Waals surface area contributed by atoms with Crippen LogP contribution in [0.3, 0.4) is 0 Å². The average Bonchev–Trinajstić information content (AvgIpc) is 2.50. The number of rotatable bonds is 2. The van der Waals surface area contributed by atoms with Crippen molar-refractivity contribution in [3.63, 3.8) is 0 Å². The van der Waals surface area contributed by atoms with Crippen LogP contribution in [-0.2, 0) is 0 Å². The van der Waals surface area contributed by atoms with E-state index in [1.165, 1.54) is 0 Å². The van der Waals surface area contributed by atoms with Crippen molar-refractivity contribution in [1.82, 2.24) is 4.98 Å². The largest absolute Gasteiger partial charge is 0.399 e. The number of carbonyl (C=O) groups excluding carboxylic acids is 1. The minimum atomic E-state index is -0.302. The van der Waals surface area contributed by atoms with Gasteiger partial charge >= 0.3 is 6.03 Å². The van der Waals surface area contributed by atoms with E-state index < -0.39 is 0 Å². The van der Waals surface area contributed by atoms with Gasteiger partial charge in [0.1, 0.15) is 0 Å². The molecule has 21 heavy (non-hydrogen) atoms. The number of nitrogens with zero attached hydrogens (tertiary/aromatic N) is 1. The van der Waals surface area contributed by atoms with Crippen molar-refractivity contribution < 1.29 is 4.79 Å². The summed E-state index contributed by atoms with van der Waals surface area (Å²) < 4.78 is 0. The van der Waals surface area contributed by atoms with E-state index in [-0.39, 0.29) is 6.03 Å². The molecule has 1 aromatic heterocycles. The average molecular weight is 278 g/mol. The molecular formula is C16H14N4O. The Balaban J connectivity index is 1.79. The number of pyridine rings is 1. The van der Waals surface area contributed by atoms with Crippen LogP contribution in [0.4, 0.5) is 21.9 Å². The minimum absolute atomic E-state index is 0.302. The molecule has 0 bridgehead atoms. The van der Waals surface area contributed by atoms with Gasteiger partial charge in [-0.3, -0.25) is 4.98 Å². The lowest BCUT2D eigenvalue weighted by Crippen LogP contribution is -2.19. The minimum Gasteiger partial charge on any atom is -0.399 e. The Hall–Kier alpha value is -3.08. The third-order valence-electron chi connectivity index (χ3n) is 3.10. The number of benzene rings is 2. The topological polar surface area (TPSA) is 80.0 Å². The molecule has 0 unspecified atom stereocenters. The normalized spacial score (nSPS) is 10.3. The van der Waals surface area contributed by atoms with E-state index in [9.17, 15) is 4.79 Å². The number of carbonyl (C=O) groups is 1. The molecule has 0 saturated carbocycles. The summed E-state index contributed by atoms with van der Waals surface area (Å²) in [7, 11) is 0. The van der Waals surface area contributed by atoms with Gasteiger partial charge in [0, 0.05) is 34.5 Å². The quantitative estimate of drug-likeness (QED) is 0.628. The van der Waals surface area contributed by atoms with E-state index in [1.807, 2.05) is 24.3 Å². The number of hydrogen-bond donors (Lipinski definition) is 3. The van der Waals surface area contributed by atoms with Gasteiger partial charge in [0.25, 0.3) is 0 Å². The second-order valence-corrected chi connectivity index (χ2v) is 4.60. The summed E-state index contributed by atoms with van der Waals surface area (Å²) in [4.78, 5) is 16.1. The lowest BCUT2D eigenvalue weighted by Gasteiger charge is -2.10. The monoisotopic (exact) mass is 278 g/mol. The molecule has 0 aliphatic carbocycles. The highest BCUT2D eigenvalue weighted by Gasteiger charge is 2.05. The fraction of sp³-hybridized carbons (Fsp3) is 0. The highest BCUT2D eigenvalue weighted by atomic mass is 16.2. The van der Waals surface area contributed by atoms with Gasteiger partial charge in [-0.1, -0.05) is 12.1 Å². The third-order valence-corrected chi connectivity index (χ3v) is 3.10. The van der Waals surface area contributed by atoms with Gasteiger partial charge in [-0.25, -0.2) is 4.79 Å². The maximum atomic E-state index is 12.0. The van der Waals surface area contributed by atoms with Gasteiger partial charge in [0.2, 0.25) is 0 Å². The molecule has 5 nitrogen and oxygen atoms in total. The van der Waals surface area contributed by atoms with Gasteiger partial charge in [0.15, 0.2) is 0 Å². The maximum absolute atomic E-state index is 12.0. The molecule has 0 radical (unpaired) electrons. The fourth-order valence-corrected chi connectivity index (χ4v) is 2.08. The number of nitrogens with one attached hydrogen (secondary N) is 2. The number of fused-ring (bicyclic) bond motifs is 1. The molecule has 4 N–H and O–H groups in total. The third kappa shape index (κ3) is 2.92. The van der Waals surface area contributed by atoms with Crippen molar-refractivity contribution in [3.8, 4) is 0 Å². The van der Waals surface area contributed by atoms with Crippen molar-refractivity contribution in [2.45, 2.75) is 0 Å². The first-order valence-corrected chi connectivity index (χ1v) is 6.49. The summed E-state index contributed by atoms with van der Waals surface area (Å²) in [6.45, 7) is 0. The van der Waals surface area contributed by atoms with Crippen molar-refractivity contribution in [1.29, 1.82) is 0 Å². The second kappa shape index (κ2) is 5.50. The Labute approximate surface area is 121 Å². The number of amides is 2. The van der Waals surface area contributed by atoms with Crippen molar-refractivity contribution in [2.24, 2.45) is 0 Å². The van der Waals surface area contributed by atoms with Crippen LogP contribution in [0, 0.1) is 0 Å². The lowest BCUT2D eigenvalue weighted by atomic mass is 10.1. The van der Waals surface area contributed by atoms with Crippen molar-refractivity contribution >= 4 is 33.9 Å². The number of anilines is 3. The molecule has 0 aliphatic rings. The number of urea groups is 1. The Morgan fingerprint density at radius 3 is 2.62 bits per heavy atom. The molecule has 2 amide bonds. The maximum Gasteiger partial charge on any atom is 0.323 e. The van der Waals surface area contributed by atoms with E-state index >= 15 is 0 Å². The zero-order valence-electron chi connectivity index (χ0n) is 11.2. The molecule has 1 heterocycles. The fourth-order valence-electron chi connectivity index (χ4n) is 2.08. The van der Waals surface area contributed by atoms with Gasteiger partial charge in [0.05, 0.1) is 5.69 Å². The Bertz CT molecular complexity index is 778. The predicted octanol–water partition coefficient (Wildman–Crippen LogP) is 3.46. The molecule has 0 spiro atoms. The standard InChI is InChI=1S/C16H14N4O/c17-12-4-6-13(7-5-12)19-16(21)20-15-3-1-2-11-10-18-9-8-14(11)15/h1-10H,17H2,(H2,19,20,21). The summed E-state index contributed by atoms with van der Waals surface area (Å²) in [5.74, 6) is 0. The van der Waals surface area contributed by atoms with E-state index in [2.05, 4.69) is 15.6 Å². The summed E-state index contributed by atoms with van der Waals surface area (Å²) in [5.41, 5.74) is 7.69.